The molecular weight excluding hydrogens is 180 g/mol. The lowest BCUT2D eigenvalue weighted by atomic mass is 10.3. The smallest absolute Gasteiger partial charge is 0.104 e. The van der Waals surface area contributed by atoms with Gasteiger partial charge >= 0.3 is 0 Å². The molecule has 1 rings (SSSR count). The summed E-state index contributed by atoms with van der Waals surface area (Å²) in [5, 5.41) is 7.47. The average molecular weight is 194 g/mol. The topological polar surface area (TPSA) is 49.9 Å². The Morgan fingerprint density at radius 2 is 2.08 bits per heavy atom. The van der Waals surface area contributed by atoms with E-state index in [4.69, 9.17) is 11.1 Å². The molecule has 13 heavy (non-hydrogen) atoms. The number of rotatable bonds is 4. The highest BCUT2D eigenvalue weighted by molar-refractivity contribution is 8.00. The summed E-state index contributed by atoms with van der Waals surface area (Å²) in [5.41, 5.74) is 5.46. The zero-order valence-corrected chi connectivity index (χ0v) is 8.47. The molecule has 0 saturated heterocycles. The standard InChI is InChI=1S/C10H14N2S/c1-2-9(10(11)12)13-8-6-4-3-5-7-8/h3-7,9H,2H2,1H3,(H3,11,12). The van der Waals surface area contributed by atoms with Crippen molar-refractivity contribution in [2.45, 2.75) is 23.5 Å². The molecule has 70 valence electrons. The molecule has 0 aliphatic rings. The van der Waals surface area contributed by atoms with Gasteiger partial charge in [-0.1, -0.05) is 25.1 Å². The van der Waals surface area contributed by atoms with Gasteiger partial charge in [-0.3, -0.25) is 5.41 Å². The van der Waals surface area contributed by atoms with Crippen LogP contribution in [0.3, 0.4) is 0 Å². The predicted octanol–water partition coefficient (Wildman–Crippen LogP) is 2.49. The first-order chi connectivity index (χ1) is 6.24. The van der Waals surface area contributed by atoms with Gasteiger partial charge in [0, 0.05) is 4.90 Å². The van der Waals surface area contributed by atoms with Gasteiger partial charge in [0.2, 0.25) is 0 Å². The Balaban J connectivity index is 2.62. The maximum atomic E-state index is 7.36. The van der Waals surface area contributed by atoms with E-state index in [1.54, 1.807) is 11.8 Å². The molecule has 0 bridgehead atoms. The highest BCUT2D eigenvalue weighted by Gasteiger charge is 2.10. The van der Waals surface area contributed by atoms with E-state index in [0.29, 0.717) is 0 Å². The third kappa shape index (κ3) is 3.11. The normalized spacial score (nSPS) is 12.4. The maximum Gasteiger partial charge on any atom is 0.104 e. The molecule has 3 N–H and O–H groups in total. The van der Waals surface area contributed by atoms with E-state index in [2.05, 4.69) is 0 Å². The fourth-order valence-corrected chi connectivity index (χ4v) is 1.97. The van der Waals surface area contributed by atoms with Crippen LogP contribution in [0.2, 0.25) is 0 Å². The highest BCUT2D eigenvalue weighted by Crippen LogP contribution is 2.24. The molecule has 1 aromatic rings. The third-order valence-corrected chi connectivity index (χ3v) is 3.16. The van der Waals surface area contributed by atoms with Crippen molar-refractivity contribution in [1.82, 2.24) is 0 Å². The molecule has 0 spiro atoms. The number of benzene rings is 1. The lowest BCUT2D eigenvalue weighted by Crippen LogP contribution is -2.23. The minimum atomic E-state index is 0.113. The summed E-state index contributed by atoms with van der Waals surface area (Å²) < 4.78 is 0. The minimum absolute atomic E-state index is 0.113. The molecule has 1 atom stereocenters. The molecule has 0 heterocycles. The summed E-state index contributed by atoms with van der Waals surface area (Å²) in [4.78, 5) is 1.17. The number of hydrogen-bond donors (Lipinski definition) is 2. The SMILES string of the molecule is CCC(Sc1ccccc1)C(=N)N. The van der Waals surface area contributed by atoms with Gasteiger partial charge in [-0.05, 0) is 18.6 Å². The lowest BCUT2D eigenvalue weighted by Gasteiger charge is -2.11. The second-order valence-electron chi connectivity index (χ2n) is 2.78. The number of nitrogens with two attached hydrogens (primary N) is 1. The Bertz CT molecular complexity index is 272. The van der Waals surface area contributed by atoms with Gasteiger partial charge in [-0.25, -0.2) is 0 Å². The molecule has 0 radical (unpaired) electrons. The van der Waals surface area contributed by atoms with E-state index < -0.39 is 0 Å². The van der Waals surface area contributed by atoms with Crippen LogP contribution in [0.25, 0.3) is 0 Å². The van der Waals surface area contributed by atoms with Gasteiger partial charge in [0.1, 0.15) is 5.84 Å². The van der Waals surface area contributed by atoms with E-state index in [-0.39, 0.29) is 11.1 Å². The Labute approximate surface area is 83.0 Å². The summed E-state index contributed by atoms with van der Waals surface area (Å²) in [6, 6.07) is 10.1. The number of hydrogen-bond acceptors (Lipinski definition) is 2. The van der Waals surface area contributed by atoms with Gasteiger partial charge < -0.3 is 5.73 Å². The van der Waals surface area contributed by atoms with Crippen LogP contribution in [0.15, 0.2) is 35.2 Å². The van der Waals surface area contributed by atoms with Crippen LogP contribution >= 0.6 is 11.8 Å². The van der Waals surface area contributed by atoms with Gasteiger partial charge in [0.05, 0.1) is 5.25 Å². The minimum Gasteiger partial charge on any atom is -0.387 e. The van der Waals surface area contributed by atoms with Crippen LogP contribution in [0.4, 0.5) is 0 Å². The van der Waals surface area contributed by atoms with Crippen LogP contribution in [0.5, 0.6) is 0 Å². The molecule has 0 amide bonds. The maximum absolute atomic E-state index is 7.36. The van der Waals surface area contributed by atoms with E-state index in [1.807, 2.05) is 37.3 Å². The van der Waals surface area contributed by atoms with Crippen LogP contribution in [-0.4, -0.2) is 11.1 Å². The molecule has 0 aliphatic heterocycles. The molecule has 0 aromatic heterocycles. The number of nitrogens with one attached hydrogen (secondary N) is 1. The van der Waals surface area contributed by atoms with Crippen LogP contribution in [0.1, 0.15) is 13.3 Å². The van der Waals surface area contributed by atoms with Crippen molar-refractivity contribution in [3.05, 3.63) is 30.3 Å². The van der Waals surface area contributed by atoms with Crippen molar-refractivity contribution in [2.75, 3.05) is 0 Å². The first-order valence-electron chi connectivity index (χ1n) is 4.29. The zero-order chi connectivity index (χ0) is 9.68. The fraction of sp³-hybridized carbons (Fsp3) is 0.300. The summed E-state index contributed by atoms with van der Waals surface area (Å²) in [6.45, 7) is 2.04. The Kier molecular flexibility index (Phi) is 3.83. The molecule has 2 nitrogen and oxygen atoms in total. The molecule has 1 unspecified atom stereocenters. The number of amidine groups is 1. The van der Waals surface area contributed by atoms with Crippen molar-refractivity contribution in [3.63, 3.8) is 0 Å². The van der Waals surface area contributed by atoms with Crippen LogP contribution in [0, 0.1) is 5.41 Å². The molecule has 0 fully saturated rings. The van der Waals surface area contributed by atoms with E-state index in [0.717, 1.165) is 6.42 Å². The Morgan fingerprint density at radius 3 is 2.54 bits per heavy atom. The van der Waals surface area contributed by atoms with E-state index in [9.17, 15) is 0 Å². The van der Waals surface area contributed by atoms with Crippen molar-refractivity contribution >= 4 is 17.6 Å². The molecule has 3 heteroatoms. The molecular formula is C10H14N2S. The van der Waals surface area contributed by atoms with Crippen molar-refractivity contribution in [3.8, 4) is 0 Å². The summed E-state index contributed by atoms with van der Waals surface area (Å²) >= 11 is 1.65. The second-order valence-corrected chi connectivity index (χ2v) is 4.06. The summed E-state index contributed by atoms with van der Waals surface area (Å²) in [7, 11) is 0. The number of thioether (sulfide) groups is 1. The average Bonchev–Trinajstić information content (AvgIpc) is 2.15. The fourth-order valence-electron chi connectivity index (χ4n) is 1.03. The molecule has 0 aliphatic carbocycles. The monoisotopic (exact) mass is 194 g/mol. The Hall–Kier alpha value is -0.960. The van der Waals surface area contributed by atoms with E-state index >= 15 is 0 Å². The summed E-state index contributed by atoms with van der Waals surface area (Å²) in [5.74, 6) is 0.261. The third-order valence-electron chi connectivity index (χ3n) is 1.74. The lowest BCUT2D eigenvalue weighted by molar-refractivity contribution is 0.991. The van der Waals surface area contributed by atoms with Gasteiger partial charge in [-0.15, -0.1) is 11.8 Å². The first kappa shape index (κ1) is 10.1. The highest BCUT2D eigenvalue weighted by atomic mass is 32.2. The molecule has 1 aromatic carbocycles. The van der Waals surface area contributed by atoms with Crippen molar-refractivity contribution in [1.29, 1.82) is 5.41 Å². The van der Waals surface area contributed by atoms with Crippen molar-refractivity contribution < 1.29 is 0 Å². The van der Waals surface area contributed by atoms with Crippen molar-refractivity contribution in [2.24, 2.45) is 5.73 Å². The van der Waals surface area contributed by atoms with Gasteiger partial charge in [-0.2, -0.15) is 0 Å². The quantitative estimate of drug-likeness (QED) is 0.439. The van der Waals surface area contributed by atoms with Gasteiger partial charge in [0.25, 0.3) is 0 Å². The van der Waals surface area contributed by atoms with Crippen LogP contribution in [-0.2, 0) is 0 Å². The molecule has 0 saturated carbocycles. The zero-order valence-electron chi connectivity index (χ0n) is 7.66. The van der Waals surface area contributed by atoms with E-state index in [1.165, 1.54) is 4.90 Å². The predicted molar refractivity (Wildman–Crippen MR) is 58.3 cm³/mol. The Morgan fingerprint density at radius 1 is 1.46 bits per heavy atom. The van der Waals surface area contributed by atoms with Crippen LogP contribution < -0.4 is 5.73 Å². The second kappa shape index (κ2) is 4.92. The largest absolute Gasteiger partial charge is 0.387 e. The summed E-state index contributed by atoms with van der Waals surface area (Å²) in [6.07, 6.45) is 0.898. The van der Waals surface area contributed by atoms with Gasteiger partial charge in [0.15, 0.2) is 0 Å². The first-order valence-corrected chi connectivity index (χ1v) is 5.17.